The van der Waals surface area contributed by atoms with E-state index in [1.54, 1.807) is 38.3 Å². The average molecular weight is 250 g/mol. The lowest BCUT2D eigenvalue weighted by molar-refractivity contribution is -0.140. The number of aliphatic carboxylic acids is 1. The summed E-state index contributed by atoms with van der Waals surface area (Å²) in [7, 11) is 1.57. The molecular weight excluding hydrogens is 234 g/mol. The van der Waals surface area contributed by atoms with Crippen molar-refractivity contribution < 1.29 is 19.4 Å². The van der Waals surface area contributed by atoms with Crippen LogP contribution in [0.15, 0.2) is 24.3 Å². The molecule has 1 N–H and O–H groups in total. The van der Waals surface area contributed by atoms with E-state index in [1.807, 2.05) is 0 Å². The monoisotopic (exact) mass is 250 g/mol. The van der Waals surface area contributed by atoms with Crippen molar-refractivity contribution in [2.24, 2.45) is 0 Å². The number of hydrogen-bond acceptors (Lipinski definition) is 3. The van der Waals surface area contributed by atoms with Crippen LogP contribution in [0.25, 0.3) is 0 Å². The molecule has 5 heteroatoms. The first-order valence-corrected chi connectivity index (χ1v) is 5.57. The normalized spacial score (nSPS) is 9.89. The second-order valence-electron chi connectivity index (χ2n) is 3.67. The second-order valence-corrected chi connectivity index (χ2v) is 3.67. The predicted octanol–water partition coefficient (Wildman–Crippen LogP) is 1.33. The van der Waals surface area contributed by atoms with E-state index < -0.39 is 5.97 Å². The van der Waals surface area contributed by atoms with Gasteiger partial charge in [0.25, 0.3) is 0 Å². The first kappa shape index (κ1) is 14.0. The molecule has 0 aliphatic heterocycles. The first-order chi connectivity index (χ1) is 8.56. The molecule has 0 unspecified atom stereocenters. The molecule has 0 saturated carbocycles. The van der Waals surface area contributed by atoms with Crippen LogP contribution in [0, 0.1) is 6.54 Å². The molecule has 97 valence electrons. The highest BCUT2D eigenvalue weighted by molar-refractivity contribution is 5.86. The molecule has 1 radical (unpaired) electrons. The fraction of sp³-hybridized carbons (Fsp3) is 0.308. The van der Waals surface area contributed by atoms with Gasteiger partial charge in [0.15, 0.2) is 6.54 Å². The third kappa shape index (κ3) is 4.08. The Morgan fingerprint density at radius 1 is 1.33 bits per heavy atom. The van der Waals surface area contributed by atoms with Gasteiger partial charge >= 0.3 is 5.97 Å². The number of ether oxygens (including phenoxy) is 1. The van der Waals surface area contributed by atoms with Gasteiger partial charge < -0.3 is 14.7 Å². The van der Waals surface area contributed by atoms with Crippen molar-refractivity contribution in [2.75, 3.05) is 13.7 Å². The van der Waals surface area contributed by atoms with Crippen molar-refractivity contribution in [3.8, 4) is 5.75 Å². The van der Waals surface area contributed by atoms with Gasteiger partial charge in [-0.25, -0.2) is 4.79 Å². The van der Waals surface area contributed by atoms with Gasteiger partial charge in [-0.15, -0.1) is 0 Å². The van der Waals surface area contributed by atoms with Gasteiger partial charge in [0.1, 0.15) is 5.75 Å². The Labute approximate surface area is 106 Å². The number of carbonyl (C=O) groups is 2. The number of carboxylic acids is 1. The number of amides is 1. The molecule has 18 heavy (non-hydrogen) atoms. The van der Waals surface area contributed by atoms with E-state index in [-0.39, 0.29) is 12.3 Å². The summed E-state index contributed by atoms with van der Waals surface area (Å²) >= 11 is 0. The Morgan fingerprint density at radius 2 is 1.94 bits per heavy atom. The third-order valence-corrected chi connectivity index (χ3v) is 2.44. The van der Waals surface area contributed by atoms with Crippen molar-refractivity contribution in [1.82, 2.24) is 4.90 Å². The maximum Gasteiger partial charge on any atom is 0.329 e. The van der Waals surface area contributed by atoms with Crippen molar-refractivity contribution in [3.63, 3.8) is 0 Å². The van der Waals surface area contributed by atoms with E-state index in [9.17, 15) is 9.59 Å². The molecule has 0 aromatic heterocycles. The summed E-state index contributed by atoms with van der Waals surface area (Å²) < 4.78 is 5.02. The van der Waals surface area contributed by atoms with E-state index in [0.29, 0.717) is 6.54 Å². The van der Waals surface area contributed by atoms with Gasteiger partial charge in [-0.1, -0.05) is 12.1 Å². The molecule has 5 nitrogen and oxygen atoms in total. The third-order valence-electron chi connectivity index (χ3n) is 2.44. The molecule has 0 saturated heterocycles. The predicted molar refractivity (Wildman–Crippen MR) is 66.0 cm³/mol. The summed E-state index contributed by atoms with van der Waals surface area (Å²) in [6.45, 7) is 2.96. The highest BCUT2D eigenvalue weighted by atomic mass is 16.5. The highest BCUT2D eigenvalue weighted by Crippen LogP contribution is 2.12. The molecule has 1 aromatic carbocycles. The Hall–Kier alpha value is -2.04. The molecule has 0 aliphatic rings. The maximum absolute atomic E-state index is 11.8. The number of nitrogens with zero attached hydrogens (tertiary/aromatic N) is 1. The molecule has 0 aliphatic carbocycles. The van der Waals surface area contributed by atoms with Crippen LogP contribution in [0.2, 0.25) is 0 Å². The first-order valence-electron chi connectivity index (χ1n) is 5.57. The standard InChI is InChI=1S/C13H16NO4/c1-3-14(9-13(16)17)12(15)8-10-4-6-11(18-2)7-5-10/h4-7,9H,3,8H2,1-2H3,(H,16,17). The van der Waals surface area contributed by atoms with Gasteiger partial charge in [0, 0.05) is 6.54 Å². The number of carbonyl (C=O) groups excluding carboxylic acids is 1. The zero-order valence-electron chi connectivity index (χ0n) is 10.4. The van der Waals surface area contributed by atoms with Crippen molar-refractivity contribution in [3.05, 3.63) is 36.4 Å². The molecule has 0 atom stereocenters. The largest absolute Gasteiger partial charge is 0.497 e. The van der Waals surface area contributed by atoms with E-state index in [2.05, 4.69) is 0 Å². The second kappa shape index (κ2) is 6.64. The lowest BCUT2D eigenvalue weighted by Crippen LogP contribution is -2.32. The fourth-order valence-electron chi connectivity index (χ4n) is 1.49. The van der Waals surface area contributed by atoms with E-state index >= 15 is 0 Å². The van der Waals surface area contributed by atoms with Crippen LogP contribution >= 0.6 is 0 Å². The molecule has 0 bridgehead atoms. The quantitative estimate of drug-likeness (QED) is 0.827. The average Bonchev–Trinajstić information content (AvgIpc) is 2.36. The van der Waals surface area contributed by atoms with Crippen molar-refractivity contribution >= 4 is 11.9 Å². The molecule has 1 rings (SSSR count). The summed E-state index contributed by atoms with van der Waals surface area (Å²) in [6, 6.07) is 7.09. The fourth-order valence-corrected chi connectivity index (χ4v) is 1.49. The minimum absolute atomic E-state index is 0.168. The lowest BCUT2D eigenvalue weighted by atomic mass is 10.1. The molecular formula is C13H16NO4. The Kier molecular flexibility index (Phi) is 5.17. The zero-order valence-corrected chi connectivity index (χ0v) is 10.4. The topological polar surface area (TPSA) is 66.8 Å². The molecule has 0 spiro atoms. The van der Waals surface area contributed by atoms with Crippen LogP contribution in [0.1, 0.15) is 12.5 Å². The zero-order chi connectivity index (χ0) is 13.5. The molecule has 0 heterocycles. The number of likely N-dealkylation sites (N-methyl/N-ethyl adjacent to an activating group) is 1. The van der Waals surface area contributed by atoms with Crippen LogP contribution in [0.3, 0.4) is 0 Å². The van der Waals surface area contributed by atoms with E-state index in [0.717, 1.165) is 17.9 Å². The number of methoxy groups -OCH3 is 1. The minimum atomic E-state index is -1.13. The van der Waals surface area contributed by atoms with Gasteiger partial charge in [0.2, 0.25) is 5.91 Å². The molecule has 1 amide bonds. The van der Waals surface area contributed by atoms with Gasteiger partial charge in [-0.3, -0.25) is 4.79 Å². The van der Waals surface area contributed by atoms with Gasteiger partial charge in [0.05, 0.1) is 13.5 Å². The van der Waals surface area contributed by atoms with Crippen molar-refractivity contribution in [2.45, 2.75) is 13.3 Å². The SMILES string of the molecule is CCN([CH]C(=O)O)C(=O)Cc1ccc(OC)cc1. The lowest BCUT2D eigenvalue weighted by Gasteiger charge is -2.17. The Balaban J connectivity index is 2.64. The molecule has 1 aromatic rings. The smallest absolute Gasteiger partial charge is 0.329 e. The molecule has 0 fully saturated rings. The number of hydrogen-bond donors (Lipinski definition) is 1. The van der Waals surface area contributed by atoms with Crippen LogP contribution in [0.5, 0.6) is 5.75 Å². The summed E-state index contributed by atoms with van der Waals surface area (Å²) in [5, 5.41) is 8.63. The van der Waals surface area contributed by atoms with Gasteiger partial charge in [-0.2, -0.15) is 0 Å². The highest BCUT2D eigenvalue weighted by Gasteiger charge is 2.15. The summed E-state index contributed by atoms with van der Waals surface area (Å²) in [5.41, 5.74) is 0.818. The van der Waals surface area contributed by atoms with Crippen LogP contribution < -0.4 is 4.74 Å². The van der Waals surface area contributed by atoms with E-state index in [1.165, 1.54) is 4.90 Å². The van der Waals surface area contributed by atoms with Crippen LogP contribution in [0.4, 0.5) is 0 Å². The summed E-state index contributed by atoms with van der Waals surface area (Å²) in [4.78, 5) is 23.6. The summed E-state index contributed by atoms with van der Waals surface area (Å²) in [6.07, 6.45) is 0.168. The van der Waals surface area contributed by atoms with E-state index in [4.69, 9.17) is 9.84 Å². The van der Waals surface area contributed by atoms with Crippen molar-refractivity contribution in [1.29, 1.82) is 0 Å². The number of benzene rings is 1. The Morgan fingerprint density at radius 3 is 2.39 bits per heavy atom. The Bertz CT molecular complexity index is 414. The van der Waals surface area contributed by atoms with Crippen LogP contribution in [-0.2, 0) is 16.0 Å². The van der Waals surface area contributed by atoms with Crippen LogP contribution in [-0.4, -0.2) is 35.5 Å². The number of carboxylic acid groups (broad SMARTS) is 1. The van der Waals surface area contributed by atoms with Gasteiger partial charge in [-0.05, 0) is 24.6 Å². The minimum Gasteiger partial charge on any atom is -0.497 e. The number of rotatable bonds is 6. The summed E-state index contributed by atoms with van der Waals surface area (Å²) in [5.74, 6) is -0.652. The maximum atomic E-state index is 11.8.